The summed E-state index contributed by atoms with van der Waals surface area (Å²) in [6.45, 7) is -0.0471. The minimum Gasteiger partial charge on any atom is -0.790 e. The third-order valence-electron chi connectivity index (χ3n) is 13.2. The molecule has 6 saturated heterocycles. The molecule has 0 spiro atoms. The lowest BCUT2D eigenvalue weighted by atomic mass is 9.96. The SMILES string of the molecule is CCC1O[C@@H](OC2[C@H](OCC3O[C@@H](OCC4O[C@@H](OC(C)C)C(O)[C@@H](O[C@@H]5OC(CO)[C@H](O)[C@H](O)C5O[C@@H]5OC(COP(=O)([O-])[O-])[C@H](O)[C@H](O)C5O)[C@H]4O)C(O)[C@@H](O)[C@H]3O)OC(CO)[C@H](O)[C@@H]2O)C(O)[C@@H](O)[C@H]1O. The van der Waals surface area contributed by atoms with Gasteiger partial charge in [0.05, 0.1) is 53.1 Å². The second-order valence-electron chi connectivity index (χ2n) is 18.8. The third kappa shape index (κ3) is 14.1. The van der Waals surface area contributed by atoms with Gasteiger partial charge in [-0.05, 0) is 20.3 Å². The molecule has 6 heterocycles. The Morgan fingerprint density at radius 2 is 0.770 bits per heavy atom. The van der Waals surface area contributed by atoms with Crippen molar-refractivity contribution in [2.75, 3.05) is 33.0 Å². The molecular formula is C40H69O33P-2. The van der Waals surface area contributed by atoms with Crippen LogP contribution in [-0.4, -0.2) is 310 Å². The monoisotopic (exact) mass is 1110 g/mol. The second-order valence-corrected chi connectivity index (χ2v) is 19.9. The zero-order valence-electron chi connectivity index (χ0n) is 39.7. The Bertz CT molecular complexity index is 1760. The lowest BCUT2D eigenvalue weighted by Gasteiger charge is -2.49. The fourth-order valence-corrected chi connectivity index (χ4v) is 9.29. The molecule has 74 heavy (non-hydrogen) atoms. The van der Waals surface area contributed by atoms with Gasteiger partial charge in [-0.25, -0.2) is 0 Å². The first-order chi connectivity index (χ1) is 34.7. The Morgan fingerprint density at radius 1 is 0.405 bits per heavy atom. The van der Waals surface area contributed by atoms with Crippen LogP contribution in [0.1, 0.15) is 27.2 Å². The largest absolute Gasteiger partial charge is 0.790 e. The quantitative estimate of drug-likeness (QED) is 0.0503. The molecule has 6 aliphatic heterocycles. The number of rotatable bonds is 20. The summed E-state index contributed by atoms with van der Waals surface area (Å²) in [4.78, 5) is 22.3. The molecule has 6 aliphatic rings. The zero-order valence-corrected chi connectivity index (χ0v) is 40.6. The van der Waals surface area contributed by atoms with Crippen LogP contribution in [0.3, 0.4) is 0 Å². The van der Waals surface area contributed by atoms with Crippen molar-refractivity contribution in [3.8, 4) is 0 Å². The second kappa shape index (κ2) is 26.5. The molecule has 12 unspecified atom stereocenters. The molecule has 0 aromatic heterocycles. The average molecular weight is 1110 g/mol. The first-order valence-electron chi connectivity index (χ1n) is 23.6. The standard InChI is InChI=1S/C40H71O33P/c1-4-11-17(43)23(49)29(55)36(65-11)72-33-26(52)18(44)12(5-41)66-39(33)62-7-14-20(46)24(50)28(54)35(68-14)61-8-15-22(48)32(31(57)38(69-15)64-10(2)3)71-40-34(27(53)19(45)13(6-42)67-40)73-37-30(56)25(51)21(47)16(70-37)9-63-74(58,59)60/h10-57H,4-9H2,1-3H3,(H2,58,59,60)/p-2/t11?,12?,13?,14?,15?,16?,17-,18-,19-,20-,21-,22-,23-,24-,25-,26-,27-,28?,29?,30?,31?,32-,33?,34?,35+,36-,37-,38+,39+,40-/m0/s1. The molecule has 0 saturated carbocycles. The maximum atomic E-state index is 11.7. The molecular weight excluding hydrogens is 1040 g/mol. The summed E-state index contributed by atoms with van der Waals surface area (Å²) in [5.74, 6) is 0. The molecule has 0 amide bonds. The summed E-state index contributed by atoms with van der Waals surface area (Å²) in [6, 6.07) is 0. The van der Waals surface area contributed by atoms with Crippen LogP contribution in [0.2, 0.25) is 0 Å². The molecule has 30 atom stereocenters. The highest BCUT2D eigenvalue weighted by molar-refractivity contribution is 7.43. The van der Waals surface area contributed by atoms with Crippen LogP contribution in [-0.2, 0) is 65.9 Å². The molecule has 0 aliphatic carbocycles. The Kier molecular flexibility index (Phi) is 22.2. The average Bonchev–Trinajstić information content (AvgIpc) is 3.35. The number of phosphoric ester groups is 1. The Balaban J connectivity index is 1.17. The van der Waals surface area contributed by atoms with Crippen LogP contribution in [0, 0.1) is 0 Å². The van der Waals surface area contributed by atoms with Crippen molar-refractivity contribution in [1.82, 2.24) is 0 Å². The summed E-state index contributed by atoms with van der Waals surface area (Å²) < 4.78 is 83.5. The highest BCUT2D eigenvalue weighted by Crippen LogP contribution is 2.36. The highest BCUT2D eigenvalue weighted by atomic mass is 31.2. The van der Waals surface area contributed by atoms with Crippen LogP contribution in [0.4, 0.5) is 0 Å². The van der Waals surface area contributed by atoms with Crippen LogP contribution < -0.4 is 9.79 Å². The van der Waals surface area contributed by atoms with Crippen LogP contribution in [0.25, 0.3) is 0 Å². The molecule has 6 fully saturated rings. The van der Waals surface area contributed by atoms with E-state index in [1.165, 1.54) is 13.8 Å². The van der Waals surface area contributed by atoms with Gasteiger partial charge in [-0.2, -0.15) is 0 Å². The van der Waals surface area contributed by atoms with E-state index in [2.05, 4.69) is 4.52 Å². The van der Waals surface area contributed by atoms with Gasteiger partial charge in [-0.1, -0.05) is 6.92 Å². The van der Waals surface area contributed by atoms with E-state index in [0.29, 0.717) is 0 Å². The third-order valence-corrected chi connectivity index (χ3v) is 13.7. The normalized spacial score (nSPS) is 49.8. The van der Waals surface area contributed by atoms with E-state index in [0.717, 1.165) is 0 Å². The summed E-state index contributed by atoms with van der Waals surface area (Å²) in [5, 5.41) is 183. The van der Waals surface area contributed by atoms with Gasteiger partial charge in [-0.3, -0.25) is 0 Å². The highest BCUT2D eigenvalue weighted by Gasteiger charge is 2.56. The van der Waals surface area contributed by atoms with Gasteiger partial charge in [0.15, 0.2) is 37.7 Å². The van der Waals surface area contributed by atoms with Gasteiger partial charge >= 0.3 is 0 Å². The Morgan fingerprint density at radius 3 is 1.26 bits per heavy atom. The van der Waals surface area contributed by atoms with Crippen molar-refractivity contribution < 1.29 is 163 Å². The molecule has 17 N–H and O–H groups in total. The van der Waals surface area contributed by atoms with Crippen molar-refractivity contribution >= 4 is 7.82 Å². The van der Waals surface area contributed by atoms with E-state index < -0.39 is 231 Å². The zero-order chi connectivity index (χ0) is 54.8. The maximum Gasteiger partial charge on any atom is 0.187 e. The first-order valence-corrected chi connectivity index (χ1v) is 25.1. The van der Waals surface area contributed by atoms with E-state index in [9.17, 15) is 101 Å². The van der Waals surface area contributed by atoms with Gasteiger partial charge in [-0.15, -0.1) is 0 Å². The maximum absolute atomic E-state index is 11.7. The summed E-state index contributed by atoms with van der Waals surface area (Å²) >= 11 is 0. The number of hydrogen-bond donors (Lipinski definition) is 17. The summed E-state index contributed by atoms with van der Waals surface area (Å²) in [6.07, 6.45) is -56.9. The minimum absolute atomic E-state index is 0.134. The van der Waals surface area contributed by atoms with Gasteiger partial charge in [0.25, 0.3) is 0 Å². The van der Waals surface area contributed by atoms with E-state index in [-0.39, 0.29) is 6.42 Å². The number of ether oxygens (including phenoxy) is 12. The predicted octanol–water partition coefficient (Wildman–Crippen LogP) is -12.4. The van der Waals surface area contributed by atoms with Crippen LogP contribution in [0.5, 0.6) is 0 Å². The molecule has 6 rings (SSSR count). The van der Waals surface area contributed by atoms with Gasteiger partial charge in [0.1, 0.15) is 140 Å². The molecule has 0 bridgehead atoms. The molecule has 33 nitrogen and oxygen atoms in total. The Hall–Kier alpha value is -1.05. The lowest BCUT2D eigenvalue weighted by Crippen LogP contribution is -2.67. The van der Waals surface area contributed by atoms with Gasteiger partial charge in [0, 0.05) is 0 Å². The van der Waals surface area contributed by atoms with Crippen molar-refractivity contribution in [2.45, 2.75) is 218 Å². The topological polar surface area (TPSA) is 527 Å². The Labute approximate surface area is 420 Å². The van der Waals surface area contributed by atoms with Crippen LogP contribution >= 0.6 is 7.82 Å². The smallest absolute Gasteiger partial charge is 0.187 e. The first kappa shape index (κ1) is 62.2. The van der Waals surface area contributed by atoms with Gasteiger partial charge < -0.3 is 163 Å². The fraction of sp³-hybridized carbons (Fsp3) is 1.00. The van der Waals surface area contributed by atoms with Crippen molar-refractivity contribution in [3.63, 3.8) is 0 Å². The molecule has 434 valence electrons. The van der Waals surface area contributed by atoms with Crippen LogP contribution in [0.15, 0.2) is 0 Å². The molecule has 0 radical (unpaired) electrons. The lowest BCUT2D eigenvalue weighted by molar-refractivity contribution is -0.393. The van der Waals surface area contributed by atoms with Gasteiger partial charge in [0.2, 0.25) is 0 Å². The molecule has 0 aromatic carbocycles. The fourth-order valence-electron chi connectivity index (χ4n) is 8.96. The minimum atomic E-state index is -5.67. The summed E-state index contributed by atoms with van der Waals surface area (Å²) in [7, 11) is -5.67. The predicted molar refractivity (Wildman–Crippen MR) is 223 cm³/mol. The van der Waals surface area contributed by atoms with Crippen molar-refractivity contribution in [2.24, 2.45) is 0 Å². The van der Waals surface area contributed by atoms with Crippen molar-refractivity contribution in [3.05, 3.63) is 0 Å². The van der Waals surface area contributed by atoms with Crippen molar-refractivity contribution in [1.29, 1.82) is 0 Å². The van der Waals surface area contributed by atoms with E-state index in [1.54, 1.807) is 6.92 Å². The number of phosphoric acid groups is 1. The number of aliphatic hydroxyl groups excluding tert-OH is 17. The molecule has 0 aromatic rings. The van der Waals surface area contributed by atoms with E-state index >= 15 is 0 Å². The number of aliphatic hydroxyl groups is 17. The number of hydrogen-bond acceptors (Lipinski definition) is 33. The molecule has 34 heteroatoms. The van der Waals surface area contributed by atoms with E-state index in [4.69, 9.17) is 56.8 Å². The van der Waals surface area contributed by atoms with E-state index in [1.807, 2.05) is 0 Å². The summed E-state index contributed by atoms with van der Waals surface area (Å²) in [5.41, 5.74) is 0.